The van der Waals surface area contributed by atoms with Gasteiger partial charge < -0.3 is 9.84 Å². The minimum Gasteiger partial charge on any atom is -0.861 e. The number of amides is 1. The number of aromatic nitrogens is 2. The van der Waals surface area contributed by atoms with Crippen molar-refractivity contribution in [3.8, 4) is 0 Å². The number of amidine groups is 1. The number of rotatable bonds is 6. The Bertz CT molecular complexity index is 1330. The van der Waals surface area contributed by atoms with Crippen LogP contribution in [0.3, 0.4) is 0 Å². The van der Waals surface area contributed by atoms with Gasteiger partial charge in [0.15, 0.2) is 5.17 Å². The molecule has 1 amide bonds. The zero-order valence-corrected chi connectivity index (χ0v) is 20.4. The van der Waals surface area contributed by atoms with Crippen LogP contribution < -0.4 is 19.8 Å². The molecule has 0 N–H and O–H groups in total. The third-order valence-electron chi connectivity index (χ3n) is 5.47. The summed E-state index contributed by atoms with van der Waals surface area (Å²) in [6, 6.07) is 17.1. The minimum atomic E-state index is -0.426. The molecule has 184 valence electrons. The predicted octanol–water partition coefficient (Wildman–Crippen LogP) is 1.81. The lowest BCUT2D eigenvalue weighted by molar-refractivity contribution is -0.759. The Morgan fingerprint density at radius 3 is 2.78 bits per heavy atom. The zero-order chi connectivity index (χ0) is 24.9. The van der Waals surface area contributed by atoms with Gasteiger partial charge in [-0.3, -0.25) is 14.2 Å². The number of aliphatic imine (C=N–C) groups is 2. The van der Waals surface area contributed by atoms with Crippen LogP contribution in [0.2, 0.25) is 0 Å². The van der Waals surface area contributed by atoms with Crippen LogP contribution in [0.5, 0.6) is 0 Å². The van der Waals surface area contributed by atoms with Crippen LogP contribution in [-0.2, 0) is 9.53 Å². The molecule has 0 saturated carbocycles. The maximum atomic E-state index is 13.3. The third kappa shape index (κ3) is 5.47. The molecule has 1 aromatic heterocycles. The summed E-state index contributed by atoms with van der Waals surface area (Å²) >= 11 is 1.15. The molecule has 0 bridgehead atoms. The first-order valence-corrected chi connectivity index (χ1v) is 12.4. The number of para-hydroxylation sites is 1. The van der Waals surface area contributed by atoms with Gasteiger partial charge >= 0.3 is 5.88 Å². The third-order valence-corrected chi connectivity index (χ3v) is 6.39. The number of nitrogens with zero attached hydrogens (tertiary/aromatic N) is 6. The van der Waals surface area contributed by atoms with Crippen molar-refractivity contribution >= 4 is 46.4 Å². The van der Waals surface area contributed by atoms with Crippen molar-refractivity contribution in [1.29, 1.82) is 0 Å². The van der Waals surface area contributed by atoms with Crippen molar-refractivity contribution in [2.45, 2.75) is 6.92 Å². The summed E-state index contributed by atoms with van der Waals surface area (Å²) in [6.45, 7) is 4.53. The monoisotopic (exact) mass is 504 g/mol. The summed E-state index contributed by atoms with van der Waals surface area (Å²) in [5.74, 6) is -0.594. The molecule has 2 aliphatic heterocycles. The van der Waals surface area contributed by atoms with E-state index in [1.54, 1.807) is 12.3 Å². The average molecular weight is 505 g/mol. The molecule has 0 atom stereocenters. The van der Waals surface area contributed by atoms with Crippen LogP contribution in [0.4, 0.5) is 11.6 Å². The number of carbonyl (C=O) groups is 1. The van der Waals surface area contributed by atoms with E-state index in [-0.39, 0.29) is 17.5 Å². The summed E-state index contributed by atoms with van der Waals surface area (Å²) in [5, 5.41) is 18.9. The smallest absolute Gasteiger partial charge is 0.324 e. The van der Waals surface area contributed by atoms with Gasteiger partial charge in [-0.15, -0.1) is 5.01 Å². The highest BCUT2D eigenvalue weighted by Gasteiger charge is 2.32. The molecule has 2 aliphatic rings. The summed E-state index contributed by atoms with van der Waals surface area (Å²) in [5.41, 5.74) is 2.94. The number of aryl methyl sites for hydroxylation is 1. The summed E-state index contributed by atoms with van der Waals surface area (Å²) in [6.07, 6.45) is 3.31. The highest BCUT2D eigenvalue weighted by molar-refractivity contribution is 8.14. The molecular weight excluding hydrogens is 480 g/mol. The number of carbonyl (C=O) groups excluding carboxylic acids is 1. The number of hydrogen-bond donors (Lipinski definition) is 0. The molecule has 2 aromatic carbocycles. The zero-order valence-electron chi connectivity index (χ0n) is 19.6. The SMILES string of the molecule is Cc1cccc(/C=C2/N=C(SC/C([O-])=N\c3c[n+](N4CCOCC4)no3)N(c3ccccc3)C2=O)c1. The molecule has 0 radical (unpaired) electrons. The van der Waals surface area contributed by atoms with Gasteiger partial charge in [0, 0.05) is 5.75 Å². The van der Waals surface area contributed by atoms with Crippen LogP contribution >= 0.6 is 11.8 Å². The number of hydrogen-bond acceptors (Lipinski definition) is 9. The van der Waals surface area contributed by atoms with E-state index in [9.17, 15) is 9.90 Å². The van der Waals surface area contributed by atoms with Gasteiger partial charge in [-0.2, -0.15) is 0 Å². The molecule has 36 heavy (non-hydrogen) atoms. The normalized spacial score (nSPS) is 17.7. The topological polar surface area (TPSA) is 110 Å². The minimum absolute atomic E-state index is 0.0224. The Labute approximate surface area is 212 Å². The van der Waals surface area contributed by atoms with Crippen LogP contribution in [0.1, 0.15) is 11.1 Å². The van der Waals surface area contributed by atoms with E-state index in [2.05, 4.69) is 15.3 Å². The number of anilines is 1. The van der Waals surface area contributed by atoms with Gasteiger partial charge in [0.25, 0.3) is 12.1 Å². The summed E-state index contributed by atoms with van der Waals surface area (Å²) < 4.78 is 10.5. The first-order valence-electron chi connectivity index (χ1n) is 11.4. The first kappa shape index (κ1) is 23.8. The molecule has 0 spiro atoms. The van der Waals surface area contributed by atoms with E-state index in [0.717, 1.165) is 22.9 Å². The Morgan fingerprint density at radius 2 is 2.00 bits per heavy atom. The van der Waals surface area contributed by atoms with Crippen molar-refractivity contribution in [2.24, 2.45) is 9.98 Å². The van der Waals surface area contributed by atoms with Crippen molar-refractivity contribution in [2.75, 3.05) is 42.0 Å². The Kier molecular flexibility index (Phi) is 7.10. The highest BCUT2D eigenvalue weighted by atomic mass is 32.2. The molecule has 0 unspecified atom stereocenters. The number of benzene rings is 2. The van der Waals surface area contributed by atoms with Crippen LogP contribution in [0.25, 0.3) is 6.08 Å². The van der Waals surface area contributed by atoms with Gasteiger partial charge in [0.05, 0.1) is 36.8 Å². The molecule has 3 heterocycles. The number of morpholine rings is 1. The Morgan fingerprint density at radius 1 is 1.19 bits per heavy atom. The quantitative estimate of drug-likeness (QED) is 0.218. The maximum Gasteiger partial charge on any atom is 0.324 e. The number of ether oxygens (including phenoxy) is 1. The van der Waals surface area contributed by atoms with E-state index in [4.69, 9.17) is 9.26 Å². The van der Waals surface area contributed by atoms with Crippen LogP contribution in [0.15, 0.2) is 81.0 Å². The van der Waals surface area contributed by atoms with Crippen molar-refractivity contribution in [3.63, 3.8) is 0 Å². The van der Waals surface area contributed by atoms with Gasteiger partial charge in [0.1, 0.15) is 5.70 Å². The van der Waals surface area contributed by atoms with Gasteiger partial charge in [-0.1, -0.05) is 59.8 Å². The largest absolute Gasteiger partial charge is 0.861 e. The van der Waals surface area contributed by atoms with Crippen molar-refractivity contribution in [1.82, 2.24) is 5.27 Å². The lowest BCUT2D eigenvalue weighted by atomic mass is 10.1. The fourth-order valence-electron chi connectivity index (χ4n) is 3.77. The second-order valence-electron chi connectivity index (χ2n) is 8.14. The van der Waals surface area contributed by atoms with Gasteiger partial charge in [0.2, 0.25) is 5.27 Å². The Balaban J connectivity index is 1.34. The lowest BCUT2D eigenvalue weighted by Gasteiger charge is -2.18. The van der Waals surface area contributed by atoms with E-state index < -0.39 is 5.90 Å². The molecule has 0 aliphatic carbocycles. The second-order valence-corrected chi connectivity index (χ2v) is 9.08. The van der Waals surface area contributed by atoms with Crippen LogP contribution in [0, 0.1) is 6.92 Å². The summed E-state index contributed by atoms with van der Waals surface area (Å²) in [7, 11) is 0. The lowest BCUT2D eigenvalue weighted by Crippen LogP contribution is -2.62. The number of thioether (sulfide) groups is 1. The van der Waals surface area contributed by atoms with Gasteiger partial charge in [-0.25, -0.2) is 9.98 Å². The second kappa shape index (κ2) is 10.8. The maximum absolute atomic E-state index is 13.3. The molecule has 11 heteroatoms. The standard InChI is InChI=1S/C25H24N6O4S/c1-18-6-5-7-19(14-18)15-21-24(33)31(20-8-3-2-4-9-20)25(26-21)36-17-22(32)27-23-16-30(28-35-23)29-10-12-34-13-11-29/h2-9,14-16H,10-13,17H2,1H3/b21-15+. The highest BCUT2D eigenvalue weighted by Crippen LogP contribution is 2.29. The molecule has 1 saturated heterocycles. The van der Waals surface area contributed by atoms with E-state index >= 15 is 0 Å². The van der Waals surface area contributed by atoms with Crippen molar-refractivity contribution in [3.05, 3.63) is 77.6 Å². The average Bonchev–Trinajstić information content (AvgIpc) is 3.48. The Hall–Kier alpha value is -3.96. The predicted molar refractivity (Wildman–Crippen MR) is 136 cm³/mol. The van der Waals surface area contributed by atoms with Gasteiger partial charge in [-0.05, 0) is 36.6 Å². The molecule has 1 fully saturated rings. The van der Waals surface area contributed by atoms with Crippen molar-refractivity contribution < 1.29 is 24.0 Å². The fourth-order valence-corrected chi connectivity index (χ4v) is 4.57. The summed E-state index contributed by atoms with van der Waals surface area (Å²) in [4.78, 5) is 24.9. The van der Waals surface area contributed by atoms with E-state index in [1.807, 2.05) is 66.5 Å². The fraction of sp³-hybridized carbons (Fsp3) is 0.240. The molecule has 5 rings (SSSR count). The van der Waals surface area contributed by atoms with E-state index in [1.165, 1.54) is 9.69 Å². The molecular formula is C25H24N6O4S. The molecule has 3 aromatic rings. The van der Waals surface area contributed by atoms with E-state index in [0.29, 0.717) is 42.9 Å². The van der Waals surface area contributed by atoms with Crippen LogP contribution in [-0.4, -0.2) is 54.3 Å². The molecule has 10 nitrogen and oxygen atoms in total. The first-order chi connectivity index (χ1) is 17.6.